The Hall–Kier alpha value is -2.33. The Morgan fingerprint density at radius 3 is 2.77 bits per heavy atom. The van der Waals surface area contributed by atoms with E-state index in [1.807, 2.05) is 36.4 Å². The van der Waals surface area contributed by atoms with Gasteiger partial charge in [-0.25, -0.2) is 0 Å². The van der Waals surface area contributed by atoms with Crippen molar-refractivity contribution in [2.75, 3.05) is 11.9 Å². The van der Waals surface area contributed by atoms with E-state index in [-0.39, 0.29) is 12.5 Å². The standard InChI is InChI=1S/C17H17ClN2O2/c1-2-13-4-3-5-16(10-13)20-17(21)12-22-19-11-14-6-8-15(18)9-7-14/h3-11H,2,12H2,1H3,(H,20,21)/b19-11+. The minimum atomic E-state index is -0.249. The van der Waals surface area contributed by atoms with Gasteiger partial charge in [0.15, 0.2) is 6.61 Å². The number of nitrogens with one attached hydrogen (secondary N) is 1. The number of aryl methyl sites for hydroxylation is 1. The van der Waals surface area contributed by atoms with Crippen LogP contribution in [0.5, 0.6) is 0 Å². The predicted molar refractivity (Wildman–Crippen MR) is 89.4 cm³/mol. The Morgan fingerprint density at radius 2 is 2.05 bits per heavy atom. The molecule has 0 aliphatic carbocycles. The number of anilines is 1. The van der Waals surface area contributed by atoms with Gasteiger partial charge in [0.1, 0.15) is 0 Å². The predicted octanol–water partition coefficient (Wildman–Crippen LogP) is 3.89. The molecule has 1 amide bonds. The smallest absolute Gasteiger partial charge is 0.265 e. The normalized spacial score (nSPS) is 10.6. The molecule has 114 valence electrons. The Kier molecular flexibility index (Phi) is 5.98. The largest absolute Gasteiger partial charge is 0.386 e. The van der Waals surface area contributed by atoms with Gasteiger partial charge < -0.3 is 10.2 Å². The van der Waals surface area contributed by atoms with Crippen LogP contribution in [-0.4, -0.2) is 18.7 Å². The van der Waals surface area contributed by atoms with Gasteiger partial charge in [-0.3, -0.25) is 4.79 Å². The van der Waals surface area contributed by atoms with E-state index in [4.69, 9.17) is 16.4 Å². The molecule has 0 saturated carbocycles. The van der Waals surface area contributed by atoms with Crippen LogP contribution in [0.25, 0.3) is 0 Å². The SMILES string of the molecule is CCc1cccc(NC(=O)CO/N=C/c2ccc(Cl)cc2)c1. The first-order valence-corrected chi connectivity index (χ1v) is 7.35. The van der Waals surface area contributed by atoms with Crippen LogP contribution in [0.2, 0.25) is 5.02 Å². The Labute approximate surface area is 134 Å². The van der Waals surface area contributed by atoms with E-state index in [1.54, 1.807) is 12.1 Å². The number of carbonyl (C=O) groups excluding carboxylic acids is 1. The van der Waals surface area contributed by atoms with Crippen molar-refractivity contribution in [3.63, 3.8) is 0 Å². The van der Waals surface area contributed by atoms with Crippen LogP contribution in [0, 0.1) is 0 Å². The molecule has 0 aliphatic heterocycles. The Balaban J connectivity index is 1.78. The maximum Gasteiger partial charge on any atom is 0.265 e. The molecule has 4 nitrogen and oxygen atoms in total. The summed E-state index contributed by atoms with van der Waals surface area (Å²) >= 11 is 5.78. The summed E-state index contributed by atoms with van der Waals surface area (Å²) in [5.41, 5.74) is 2.77. The molecule has 22 heavy (non-hydrogen) atoms. The number of rotatable bonds is 6. The van der Waals surface area contributed by atoms with Crippen LogP contribution >= 0.6 is 11.6 Å². The molecule has 0 atom stereocenters. The summed E-state index contributed by atoms with van der Waals surface area (Å²) in [5.74, 6) is -0.249. The van der Waals surface area contributed by atoms with Crippen molar-refractivity contribution >= 4 is 29.4 Å². The van der Waals surface area contributed by atoms with Gasteiger partial charge in [0.05, 0.1) is 6.21 Å². The first kappa shape index (κ1) is 16.0. The van der Waals surface area contributed by atoms with Gasteiger partial charge in [-0.1, -0.05) is 47.9 Å². The molecule has 1 N–H and O–H groups in total. The molecule has 2 rings (SSSR count). The van der Waals surface area contributed by atoms with Crippen LogP contribution in [0.15, 0.2) is 53.7 Å². The highest BCUT2D eigenvalue weighted by molar-refractivity contribution is 6.30. The van der Waals surface area contributed by atoms with Gasteiger partial charge >= 0.3 is 0 Å². The van der Waals surface area contributed by atoms with Crippen molar-refractivity contribution in [1.29, 1.82) is 0 Å². The number of carbonyl (C=O) groups is 1. The minimum Gasteiger partial charge on any atom is -0.386 e. The van der Waals surface area contributed by atoms with Crippen LogP contribution in [0.4, 0.5) is 5.69 Å². The number of nitrogens with zero attached hydrogens (tertiary/aromatic N) is 1. The average molecular weight is 317 g/mol. The highest BCUT2D eigenvalue weighted by atomic mass is 35.5. The molecule has 0 unspecified atom stereocenters. The molecule has 0 fully saturated rings. The Bertz CT molecular complexity index is 654. The van der Waals surface area contributed by atoms with Crippen LogP contribution in [0.3, 0.4) is 0 Å². The molecule has 0 aliphatic rings. The molecule has 0 saturated heterocycles. The van der Waals surface area contributed by atoms with Gasteiger partial charge in [-0.15, -0.1) is 0 Å². The maximum atomic E-state index is 11.7. The monoisotopic (exact) mass is 316 g/mol. The summed E-state index contributed by atoms with van der Waals surface area (Å²) in [5, 5.41) is 7.18. The fourth-order valence-electron chi connectivity index (χ4n) is 1.81. The lowest BCUT2D eigenvalue weighted by molar-refractivity contribution is -0.120. The van der Waals surface area contributed by atoms with Crippen LogP contribution in [-0.2, 0) is 16.1 Å². The van der Waals surface area contributed by atoms with Crippen LogP contribution in [0.1, 0.15) is 18.1 Å². The zero-order chi connectivity index (χ0) is 15.8. The fraction of sp³-hybridized carbons (Fsp3) is 0.176. The highest BCUT2D eigenvalue weighted by Crippen LogP contribution is 2.11. The fourth-order valence-corrected chi connectivity index (χ4v) is 1.93. The summed E-state index contributed by atoms with van der Waals surface area (Å²) in [4.78, 5) is 16.7. The van der Waals surface area contributed by atoms with E-state index >= 15 is 0 Å². The maximum absolute atomic E-state index is 11.7. The van der Waals surface area contributed by atoms with Crippen molar-refractivity contribution in [3.8, 4) is 0 Å². The molecule has 5 heteroatoms. The van der Waals surface area contributed by atoms with Crippen molar-refractivity contribution in [2.24, 2.45) is 5.16 Å². The number of oxime groups is 1. The second-order valence-electron chi connectivity index (χ2n) is 4.66. The molecular weight excluding hydrogens is 300 g/mol. The lowest BCUT2D eigenvalue weighted by Gasteiger charge is -2.05. The Morgan fingerprint density at radius 1 is 1.27 bits per heavy atom. The van der Waals surface area contributed by atoms with Crippen molar-refractivity contribution < 1.29 is 9.63 Å². The first-order chi connectivity index (χ1) is 10.7. The van der Waals surface area contributed by atoms with Crippen molar-refractivity contribution in [3.05, 3.63) is 64.7 Å². The lowest BCUT2D eigenvalue weighted by Crippen LogP contribution is -2.17. The van der Waals surface area contributed by atoms with Crippen LogP contribution < -0.4 is 5.32 Å². The summed E-state index contributed by atoms with van der Waals surface area (Å²) in [6.07, 6.45) is 2.45. The minimum absolute atomic E-state index is 0.138. The molecule has 0 spiro atoms. The molecule has 0 radical (unpaired) electrons. The molecule has 0 bridgehead atoms. The van der Waals surface area contributed by atoms with Gasteiger partial charge in [0.25, 0.3) is 5.91 Å². The topological polar surface area (TPSA) is 50.7 Å². The van der Waals surface area contributed by atoms with Crippen molar-refractivity contribution in [1.82, 2.24) is 0 Å². The van der Waals surface area contributed by atoms with E-state index in [1.165, 1.54) is 11.8 Å². The zero-order valence-corrected chi connectivity index (χ0v) is 13.0. The van der Waals surface area contributed by atoms with Gasteiger partial charge in [0.2, 0.25) is 0 Å². The summed E-state index contributed by atoms with van der Waals surface area (Å²) in [6.45, 7) is 1.93. The summed E-state index contributed by atoms with van der Waals surface area (Å²) in [6, 6.07) is 14.9. The summed E-state index contributed by atoms with van der Waals surface area (Å²) < 4.78 is 0. The molecule has 0 heterocycles. The quantitative estimate of drug-likeness (QED) is 0.649. The number of benzene rings is 2. The van der Waals surface area contributed by atoms with E-state index in [2.05, 4.69) is 17.4 Å². The van der Waals surface area contributed by atoms with E-state index < -0.39 is 0 Å². The summed E-state index contributed by atoms with van der Waals surface area (Å²) in [7, 11) is 0. The highest BCUT2D eigenvalue weighted by Gasteiger charge is 2.02. The third-order valence-corrected chi connectivity index (χ3v) is 3.21. The van der Waals surface area contributed by atoms with Gasteiger partial charge in [0, 0.05) is 10.7 Å². The lowest BCUT2D eigenvalue weighted by atomic mass is 10.1. The molecule has 2 aromatic carbocycles. The second-order valence-corrected chi connectivity index (χ2v) is 5.10. The third-order valence-electron chi connectivity index (χ3n) is 2.96. The number of halogens is 1. The molecular formula is C17H17ClN2O2. The third kappa shape index (κ3) is 5.22. The van der Waals surface area contributed by atoms with E-state index in [0.717, 1.165) is 17.7 Å². The van der Waals surface area contributed by atoms with Crippen molar-refractivity contribution in [2.45, 2.75) is 13.3 Å². The van der Waals surface area contributed by atoms with E-state index in [0.29, 0.717) is 5.02 Å². The number of hydrogen-bond donors (Lipinski definition) is 1. The number of amides is 1. The first-order valence-electron chi connectivity index (χ1n) is 6.97. The van der Waals surface area contributed by atoms with E-state index in [9.17, 15) is 4.79 Å². The molecule has 2 aromatic rings. The zero-order valence-electron chi connectivity index (χ0n) is 12.3. The molecule has 0 aromatic heterocycles. The second kappa shape index (κ2) is 8.20. The number of hydrogen-bond acceptors (Lipinski definition) is 3. The van der Waals surface area contributed by atoms with Gasteiger partial charge in [-0.2, -0.15) is 0 Å². The average Bonchev–Trinajstić information content (AvgIpc) is 2.53. The van der Waals surface area contributed by atoms with Gasteiger partial charge in [-0.05, 0) is 41.8 Å².